The van der Waals surface area contributed by atoms with Gasteiger partial charge in [0.2, 0.25) is 0 Å². The van der Waals surface area contributed by atoms with Gasteiger partial charge in [-0.15, -0.1) is 0 Å². The third kappa shape index (κ3) is 5.29. The van der Waals surface area contributed by atoms with E-state index in [9.17, 15) is 4.39 Å². The van der Waals surface area contributed by atoms with Crippen molar-refractivity contribution < 1.29 is 9.13 Å². The fraction of sp³-hybridized carbons (Fsp3) is 0.571. The lowest BCUT2D eigenvalue weighted by molar-refractivity contribution is 0.174. The van der Waals surface area contributed by atoms with Crippen molar-refractivity contribution in [2.24, 2.45) is 0 Å². The maximum Gasteiger partial charge on any atom is 0.123 e. The molecule has 0 bridgehead atoms. The summed E-state index contributed by atoms with van der Waals surface area (Å²) < 4.78 is 18.4. The van der Waals surface area contributed by atoms with Crippen LogP contribution < -0.4 is 5.32 Å². The number of benzene rings is 1. The second-order valence-corrected chi connectivity index (χ2v) is 5.34. The van der Waals surface area contributed by atoms with Gasteiger partial charge >= 0.3 is 0 Å². The lowest BCUT2D eigenvalue weighted by Crippen LogP contribution is -2.39. The van der Waals surface area contributed by atoms with Crippen LogP contribution in [0, 0.1) is 5.82 Å². The predicted octanol–water partition coefficient (Wildman–Crippen LogP) is 2.94. The van der Waals surface area contributed by atoms with E-state index in [-0.39, 0.29) is 17.3 Å². The Bertz CT molecular complexity index is 346. The minimum Gasteiger partial charge on any atom is -0.384 e. The molecule has 0 aromatic heterocycles. The Balaban J connectivity index is 2.71. The molecule has 1 atom stereocenters. The fourth-order valence-electron chi connectivity index (χ4n) is 1.66. The standard InChI is InChI=1S/C14H22FNO/c1-14(2,3)16-9-12(10-17-4)11-6-5-7-13(15)8-11/h5-8,12,16H,9-10H2,1-4H3. The van der Waals surface area contributed by atoms with E-state index in [0.717, 1.165) is 12.1 Å². The molecule has 0 saturated heterocycles. The number of halogens is 1. The third-order valence-electron chi connectivity index (χ3n) is 2.57. The van der Waals surface area contributed by atoms with Crippen LogP contribution in [0.4, 0.5) is 4.39 Å². The zero-order valence-electron chi connectivity index (χ0n) is 11.1. The summed E-state index contributed by atoms with van der Waals surface area (Å²) in [4.78, 5) is 0. The number of nitrogens with one attached hydrogen (secondary N) is 1. The average molecular weight is 239 g/mol. The van der Waals surface area contributed by atoms with E-state index in [1.165, 1.54) is 6.07 Å². The first kappa shape index (κ1) is 14.1. The Labute approximate surface area is 103 Å². The smallest absolute Gasteiger partial charge is 0.123 e. The minimum atomic E-state index is -0.195. The molecule has 2 nitrogen and oxygen atoms in total. The van der Waals surface area contributed by atoms with E-state index >= 15 is 0 Å². The molecule has 1 unspecified atom stereocenters. The lowest BCUT2D eigenvalue weighted by atomic mass is 9.98. The number of hydrogen-bond acceptors (Lipinski definition) is 2. The molecule has 1 aromatic carbocycles. The highest BCUT2D eigenvalue weighted by molar-refractivity contribution is 5.21. The van der Waals surface area contributed by atoms with Crippen LogP contribution in [0.25, 0.3) is 0 Å². The van der Waals surface area contributed by atoms with Gasteiger partial charge in [-0.25, -0.2) is 4.39 Å². The van der Waals surface area contributed by atoms with Crippen molar-refractivity contribution in [2.75, 3.05) is 20.3 Å². The maximum atomic E-state index is 13.2. The van der Waals surface area contributed by atoms with Crippen LogP contribution in [0.1, 0.15) is 32.3 Å². The number of methoxy groups -OCH3 is 1. The quantitative estimate of drug-likeness (QED) is 0.853. The van der Waals surface area contributed by atoms with Crippen molar-refractivity contribution >= 4 is 0 Å². The predicted molar refractivity (Wildman–Crippen MR) is 68.8 cm³/mol. The fourth-order valence-corrected chi connectivity index (χ4v) is 1.66. The van der Waals surface area contributed by atoms with E-state index in [0.29, 0.717) is 6.61 Å². The first-order valence-electron chi connectivity index (χ1n) is 5.92. The van der Waals surface area contributed by atoms with E-state index in [2.05, 4.69) is 26.1 Å². The number of hydrogen-bond donors (Lipinski definition) is 1. The highest BCUT2D eigenvalue weighted by Gasteiger charge is 2.16. The Morgan fingerprint density at radius 2 is 2.06 bits per heavy atom. The van der Waals surface area contributed by atoms with Gasteiger partial charge in [-0.05, 0) is 38.5 Å². The van der Waals surface area contributed by atoms with Gasteiger partial charge in [-0.3, -0.25) is 0 Å². The van der Waals surface area contributed by atoms with Crippen LogP contribution in [-0.4, -0.2) is 25.8 Å². The van der Waals surface area contributed by atoms with Crippen LogP contribution in [-0.2, 0) is 4.74 Å². The first-order chi connectivity index (χ1) is 7.92. The first-order valence-corrected chi connectivity index (χ1v) is 5.92. The number of ether oxygens (including phenoxy) is 1. The highest BCUT2D eigenvalue weighted by Crippen LogP contribution is 2.17. The molecule has 96 valence electrons. The van der Waals surface area contributed by atoms with Gasteiger partial charge in [0.1, 0.15) is 5.82 Å². The molecule has 0 aliphatic heterocycles. The van der Waals surface area contributed by atoms with Crippen molar-refractivity contribution in [1.29, 1.82) is 0 Å². The van der Waals surface area contributed by atoms with Gasteiger partial charge in [0.25, 0.3) is 0 Å². The molecule has 0 aliphatic carbocycles. The summed E-state index contributed by atoms with van der Waals surface area (Å²) in [5.41, 5.74) is 1.03. The summed E-state index contributed by atoms with van der Waals surface area (Å²) in [6.07, 6.45) is 0. The molecule has 1 aromatic rings. The summed E-state index contributed by atoms with van der Waals surface area (Å²) in [6, 6.07) is 6.72. The van der Waals surface area contributed by atoms with Crippen molar-refractivity contribution in [3.8, 4) is 0 Å². The third-order valence-corrected chi connectivity index (χ3v) is 2.57. The van der Waals surface area contributed by atoms with Gasteiger partial charge in [-0.1, -0.05) is 12.1 Å². The summed E-state index contributed by atoms with van der Waals surface area (Å²) in [6.45, 7) is 7.71. The summed E-state index contributed by atoms with van der Waals surface area (Å²) in [7, 11) is 1.67. The molecule has 3 heteroatoms. The Kier molecular flexibility index (Phi) is 5.09. The van der Waals surface area contributed by atoms with Crippen LogP contribution in [0.15, 0.2) is 24.3 Å². The van der Waals surface area contributed by atoms with E-state index in [1.54, 1.807) is 19.2 Å². The number of rotatable bonds is 5. The molecule has 0 heterocycles. The van der Waals surface area contributed by atoms with Crippen LogP contribution in [0.3, 0.4) is 0 Å². The molecule has 17 heavy (non-hydrogen) atoms. The van der Waals surface area contributed by atoms with Gasteiger partial charge in [0.05, 0.1) is 6.61 Å². The normalized spacial score (nSPS) is 13.7. The zero-order chi connectivity index (χ0) is 12.9. The lowest BCUT2D eigenvalue weighted by Gasteiger charge is -2.25. The molecule has 0 spiro atoms. The van der Waals surface area contributed by atoms with Gasteiger partial charge in [-0.2, -0.15) is 0 Å². The average Bonchev–Trinajstić information content (AvgIpc) is 2.23. The van der Waals surface area contributed by atoms with Crippen molar-refractivity contribution in [1.82, 2.24) is 5.32 Å². The maximum absolute atomic E-state index is 13.2. The molecule has 0 fully saturated rings. The highest BCUT2D eigenvalue weighted by atomic mass is 19.1. The molecule has 0 saturated carbocycles. The summed E-state index contributed by atoms with van der Waals surface area (Å²) >= 11 is 0. The minimum absolute atomic E-state index is 0.0549. The van der Waals surface area contributed by atoms with Gasteiger partial charge in [0.15, 0.2) is 0 Å². The molecular weight excluding hydrogens is 217 g/mol. The Morgan fingerprint density at radius 3 is 2.59 bits per heavy atom. The van der Waals surface area contributed by atoms with Crippen molar-refractivity contribution in [3.63, 3.8) is 0 Å². The molecule has 1 rings (SSSR count). The largest absolute Gasteiger partial charge is 0.384 e. The second-order valence-electron chi connectivity index (χ2n) is 5.34. The van der Waals surface area contributed by atoms with E-state index < -0.39 is 0 Å². The van der Waals surface area contributed by atoms with Crippen LogP contribution in [0.5, 0.6) is 0 Å². The van der Waals surface area contributed by atoms with E-state index in [4.69, 9.17) is 4.74 Å². The second kappa shape index (κ2) is 6.12. The molecular formula is C14H22FNO. The Hall–Kier alpha value is -0.930. The summed E-state index contributed by atoms with van der Waals surface area (Å²) in [5, 5.41) is 3.42. The molecule has 0 amide bonds. The van der Waals surface area contributed by atoms with Crippen LogP contribution >= 0.6 is 0 Å². The zero-order valence-corrected chi connectivity index (χ0v) is 11.1. The topological polar surface area (TPSA) is 21.3 Å². The van der Waals surface area contributed by atoms with Gasteiger partial charge in [0, 0.05) is 25.1 Å². The van der Waals surface area contributed by atoms with Crippen LogP contribution in [0.2, 0.25) is 0 Å². The van der Waals surface area contributed by atoms with Crippen molar-refractivity contribution in [2.45, 2.75) is 32.2 Å². The Morgan fingerprint density at radius 1 is 1.35 bits per heavy atom. The molecule has 0 radical (unpaired) electrons. The monoisotopic (exact) mass is 239 g/mol. The van der Waals surface area contributed by atoms with E-state index in [1.807, 2.05) is 6.07 Å². The SMILES string of the molecule is COCC(CNC(C)(C)C)c1cccc(F)c1. The molecule has 1 N–H and O–H groups in total. The summed E-state index contributed by atoms with van der Waals surface area (Å²) in [5.74, 6) is -0.0192. The molecule has 0 aliphatic rings. The van der Waals surface area contributed by atoms with Crippen molar-refractivity contribution in [3.05, 3.63) is 35.6 Å². The van der Waals surface area contributed by atoms with Gasteiger partial charge < -0.3 is 10.1 Å².